The first-order valence-corrected chi connectivity index (χ1v) is 8.04. The van der Waals surface area contributed by atoms with Gasteiger partial charge < -0.3 is 15.7 Å². The number of carbonyl (C=O) groups is 1. The predicted molar refractivity (Wildman–Crippen MR) is 83.6 cm³/mol. The molecule has 0 bridgehead atoms. The zero-order chi connectivity index (χ0) is 17.7. The van der Waals surface area contributed by atoms with Crippen LogP contribution in [0.1, 0.15) is 43.4 Å². The van der Waals surface area contributed by atoms with Crippen LogP contribution in [-0.2, 0) is 6.18 Å². The summed E-state index contributed by atoms with van der Waals surface area (Å²) in [6.07, 6.45) is 0.714. The van der Waals surface area contributed by atoms with E-state index in [2.05, 4.69) is 15.6 Å². The van der Waals surface area contributed by atoms with Gasteiger partial charge in [0, 0.05) is 6.54 Å². The van der Waals surface area contributed by atoms with Crippen LogP contribution in [0.15, 0.2) is 12.3 Å². The third kappa shape index (κ3) is 5.09. The van der Waals surface area contributed by atoms with Crippen molar-refractivity contribution in [2.45, 2.75) is 51.3 Å². The molecule has 0 saturated heterocycles. The van der Waals surface area contributed by atoms with Gasteiger partial charge in [-0.25, -0.2) is 9.78 Å². The number of alkyl halides is 3. The first-order valence-electron chi connectivity index (χ1n) is 8.04. The van der Waals surface area contributed by atoms with E-state index in [1.54, 1.807) is 0 Å². The number of hydrogen-bond acceptors (Lipinski definition) is 3. The molecule has 1 aliphatic rings. The minimum Gasteiger partial charge on any atom is -0.393 e. The molecule has 2 atom stereocenters. The highest BCUT2D eigenvalue weighted by molar-refractivity contribution is 5.89. The molecule has 134 valence electrons. The molecule has 2 rings (SSSR count). The zero-order valence-corrected chi connectivity index (χ0v) is 13.5. The Balaban J connectivity index is 1.81. The minimum atomic E-state index is -4.51. The van der Waals surface area contributed by atoms with E-state index in [4.69, 9.17) is 0 Å². The standard InChI is InChI=1S/C16H22F3N3O2/c1-10-8-12(9-21-14(10)16(17,18)19)22-15(24)20-7-6-11-4-2-3-5-13(11)23/h8-9,11,13,23H,2-7H2,1H3,(H2,20,22,24)/t11-,13-/m0/s1. The van der Waals surface area contributed by atoms with Gasteiger partial charge in [-0.05, 0) is 43.7 Å². The number of nitrogens with one attached hydrogen (secondary N) is 2. The Bertz CT molecular complexity index is 578. The van der Waals surface area contributed by atoms with Crippen molar-refractivity contribution in [3.8, 4) is 0 Å². The summed E-state index contributed by atoms with van der Waals surface area (Å²) in [5.74, 6) is 0.189. The van der Waals surface area contributed by atoms with Crippen molar-refractivity contribution in [3.05, 3.63) is 23.5 Å². The van der Waals surface area contributed by atoms with E-state index in [1.165, 1.54) is 13.0 Å². The second-order valence-electron chi connectivity index (χ2n) is 6.17. The number of aliphatic hydroxyl groups is 1. The van der Waals surface area contributed by atoms with Crippen LogP contribution in [-0.4, -0.2) is 28.8 Å². The molecule has 3 N–H and O–H groups in total. The summed E-state index contributed by atoms with van der Waals surface area (Å²) in [6.45, 7) is 1.70. The molecule has 0 radical (unpaired) electrons. The Morgan fingerprint density at radius 3 is 2.71 bits per heavy atom. The largest absolute Gasteiger partial charge is 0.433 e. The number of urea groups is 1. The van der Waals surface area contributed by atoms with Gasteiger partial charge in [0.25, 0.3) is 0 Å². The summed E-state index contributed by atoms with van der Waals surface area (Å²) in [5.41, 5.74) is -0.805. The minimum absolute atomic E-state index is 0.0503. The van der Waals surface area contributed by atoms with Gasteiger partial charge in [-0.1, -0.05) is 12.8 Å². The highest BCUT2D eigenvalue weighted by Crippen LogP contribution is 2.31. The topological polar surface area (TPSA) is 74.2 Å². The molecule has 1 aliphatic carbocycles. The van der Waals surface area contributed by atoms with Crippen LogP contribution in [0.25, 0.3) is 0 Å². The predicted octanol–water partition coefficient (Wildman–Crippen LogP) is 3.47. The summed E-state index contributed by atoms with van der Waals surface area (Å²) in [5, 5.41) is 15.0. The first kappa shape index (κ1) is 18.5. The lowest BCUT2D eigenvalue weighted by Crippen LogP contribution is -2.33. The Morgan fingerprint density at radius 2 is 2.08 bits per heavy atom. The van der Waals surface area contributed by atoms with E-state index >= 15 is 0 Å². The summed E-state index contributed by atoms with van der Waals surface area (Å²) in [4.78, 5) is 15.2. The summed E-state index contributed by atoms with van der Waals surface area (Å²) in [7, 11) is 0. The zero-order valence-electron chi connectivity index (χ0n) is 13.5. The van der Waals surface area contributed by atoms with E-state index in [1.807, 2.05) is 0 Å². The number of pyridine rings is 1. The van der Waals surface area contributed by atoms with Gasteiger partial charge in [-0.3, -0.25) is 0 Å². The van der Waals surface area contributed by atoms with Gasteiger partial charge in [-0.2, -0.15) is 13.2 Å². The third-order valence-corrected chi connectivity index (χ3v) is 4.27. The van der Waals surface area contributed by atoms with Gasteiger partial charge in [0.2, 0.25) is 0 Å². The van der Waals surface area contributed by atoms with Crippen LogP contribution in [0.4, 0.5) is 23.7 Å². The van der Waals surface area contributed by atoms with Crippen molar-refractivity contribution in [2.75, 3.05) is 11.9 Å². The molecule has 1 aromatic heterocycles. The fourth-order valence-corrected chi connectivity index (χ4v) is 3.01. The molecule has 0 unspecified atom stereocenters. The maximum atomic E-state index is 12.6. The number of halogens is 3. The van der Waals surface area contributed by atoms with Gasteiger partial charge in [-0.15, -0.1) is 0 Å². The number of aryl methyl sites for hydroxylation is 1. The Hall–Kier alpha value is -1.83. The van der Waals surface area contributed by atoms with E-state index in [9.17, 15) is 23.1 Å². The highest BCUT2D eigenvalue weighted by atomic mass is 19.4. The lowest BCUT2D eigenvalue weighted by Gasteiger charge is -2.27. The molecule has 5 nitrogen and oxygen atoms in total. The normalized spacial score (nSPS) is 21.4. The van der Waals surface area contributed by atoms with Gasteiger partial charge >= 0.3 is 12.2 Å². The van der Waals surface area contributed by atoms with E-state index in [-0.39, 0.29) is 23.3 Å². The van der Waals surface area contributed by atoms with Crippen LogP contribution in [0.5, 0.6) is 0 Å². The third-order valence-electron chi connectivity index (χ3n) is 4.27. The summed E-state index contributed by atoms with van der Waals surface area (Å²) >= 11 is 0. The Labute approximate surface area is 138 Å². The molecule has 24 heavy (non-hydrogen) atoms. The monoisotopic (exact) mass is 345 g/mol. The molecular weight excluding hydrogens is 323 g/mol. The lowest BCUT2D eigenvalue weighted by molar-refractivity contribution is -0.141. The second-order valence-corrected chi connectivity index (χ2v) is 6.17. The molecule has 1 heterocycles. The number of amides is 2. The smallest absolute Gasteiger partial charge is 0.393 e. The van der Waals surface area contributed by atoms with Crippen LogP contribution >= 0.6 is 0 Å². The first-order chi connectivity index (χ1) is 11.3. The maximum Gasteiger partial charge on any atom is 0.433 e. The summed E-state index contributed by atoms with van der Waals surface area (Å²) < 4.78 is 37.9. The Kier molecular flexibility index (Phi) is 6.04. The molecule has 0 spiro atoms. The lowest BCUT2D eigenvalue weighted by atomic mass is 9.84. The molecule has 0 aromatic carbocycles. The SMILES string of the molecule is Cc1cc(NC(=O)NCC[C@@H]2CCCC[C@@H]2O)cnc1C(F)(F)F. The van der Waals surface area contributed by atoms with Crippen molar-refractivity contribution in [2.24, 2.45) is 5.92 Å². The second kappa shape index (κ2) is 7.83. The van der Waals surface area contributed by atoms with Crippen molar-refractivity contribution in [1.82, 2.24) is 10.3 Å². The molecule has 2 amide bonds. The number of rotatable bonds is 4. The van der Waals surface area contributed by atoms with E-state index < -0.39 is 17.9 Å². The van der Waals surface area contributed by atoms with E-state index in [0.29, 0.717) is 13.0 Å². The van der Waals surface area contributed by atoms with Gasteiger partial charge in [0.15, 0.2) is 0 Å². The molecule has 8 heteroatoms. The number of aromatic nitrogens is 1. The van der Waals surface area contributed by atoms with Crippen LogP contribution in [0.3, 0.4) is 0 Å². The molecule has 1 aromatic rings. The van der Waals surface area contributed by atoms with Crippen molar-refractivity contribution >= 4 is 11.7 Å². The number of carbonyl (C=O) groups excluding carboxylic acids is 1. The number of hydrogen-bond donors (Lipinski definition) is 3. The average Bonchev–Trinajstić information content (AvgIpc) is 2.48. The highest BCUT2D eigenvalue weighted by Gasteiger charge is 2.34. The number of aliphatic hydroxyl groups excluding tert-OH is 1. The Morgan fingerprint density at radius 1 is 1.38 bits per heavy atom. The van der Waals surface area contributed by atoms with Crippen molar-refractivity contribution < 1.29 is 23.1 Å². The van der Waals surface area contributed by atoms with Crippen molar-refractivity contribution in [3.63, 3.8) is 0 Å². The fraction of sp³-hybridized carbons (Fsp3) is 0.625. The fourth-order valence-electron chi connectivity index (χ4n) is 3.01. The van der Waals surface area contributed by atoms with Gasteiger partial charge in [0.1, 0.15) is 5.69 Å². The molecule has 0 aliphatic heterocycles. The van der Waals surface area contributed by atoms with Crippen molar-refractivity contribution in [1.29, 1.82) is 0 Å². The summed E-state index contributed by atoms with van der Waals surface area (Å²) in [6, 6.07) is 0.738. The number of nitrogens with zero attached hydrogens (tertiary/aromatic N) is 1. The van der Waals surface area contributed by atoms with Gasteiger partial charge in [0.05, 0.1) is 18.0 Å². The number of anilines is 1. The van der Waals surface area contributed by atoms with Crippen LogP contribution in [0, 0.1) is 12.8 Å². The average molecular weight is 345 g/mol. The maximum absolute atomic E-state index is 12.6. The quantitative estimate of drug-likeness (QED) is 0.782. The molecule has 1 fully saturated rings. The van der Waals surface area contributed by atoms with Crippen LogP contribution in [0.2, 0.25) is 0 Å². The van der Waals surface area contributed by atoms with Crippen LogP contribution < -0.4 is 10.6 Å². The molecule has 1 saturated carbocycles. The van der Waals surface area contributed by atoms with E-state index in [0.717, 1.165) is 31.9 Å². The molecular formula is C16H22F3N3O2.